The van der Waals surface area contributed by atoms with E-state index in [0.29, 0.717) is 0 Å². The van der Waals surface area contributed by atoms with Crippen LogP contribution in [-0.4, -0.2) is 30.9 Å². The van der Waals surface area contributed by atoms with Crippen molar-refractivity contribution in [2.24, 2.45) is 0 Å². The van der Waals surface area contributed by atoms with Crippen molar-refractivity contribution in [1.29, 1.82) is 0 Å². The van der Waals surface area contributed by atoms with Gasteiger partial charge in [-0.25, -0.2) is 0 Å². The smallest absolute Gasteiger partial charge is 0.142 e. The molecule has 1 aromatic rings. The van der Waals surface area contributed by atoms with Gasteiger partial charge in [0.1, 0.15) is 12.4 Å². The molecule has 0 saturated heterocycles. The third-order valence-corrected chi connectivity index (χ3v) is 2.15. The minimum atomic E-state index is -0.197. The third-order valence-electron chi connectivity index (χ3n) is 2.15. The van der Waals surface area contributed by atoms with Gasteiger partial charge in [-0.1, -0.05) is 18.2 Å². The van der Waals surface area contributed by atoms with Crippen LogP contribution in [0.2, 0.25) is 0 Å². The maximum absolute atomic E-state index is 8.92. The Labute approximate surface area is 78.3 Å². The first kappa shape index (κ1) is 10.1. The number of nitrogens with one attached hydrogen (secondary N) is 1. The highest BCUT2D eigenvalue weighted by molar-refractivity contribution is 5.41. The predicted octanol–water partition coefficient (Wildman–Crippen LogP) is 1.39. The Morgan fingerprint density at radius 3 is 2.38 bits per heavy atom. The number of nitrogens with zero attached hydrogens (tertiary/aromatic N) is 2. The van der Waals surface area contributed by atoms with E-state index >= 15 is 0 Å². The van der Waals surface area contributed by atoms with E-state index in [-0.39, 0.29) is 11.4 Å². The van der Waals surface area contributed by atoms with Gasteiger partial charge in [0.05, 0.1) is 7.05 Å². The lowest BCUT2D eigenvalue weighted by molar-refractivity contribution is -0.00165. The molecule has 0 aliphatic rings. The molecule has 1 unspecified atom stereocenters. The summed E-state index contributed by atoms with van der Waals surface area (Å²) in [6.45, 7) is -0.144. The van der Waals surface area contributed by atoms with E-state index in [4.69, 9.17) is 10.9 Å². The molecule has 1 rings (SSSR count). The molecule has 0 aliphatic carbocycles. The number of benzene rings is 1. The molecule has 0 saturated carbocycles. The van der Waals surface area contributed by atoms with Crippen LogP contribution in [0, 0.1) is 0 Å². The Morgan fingerprint density at radius 2 is 1.92 bits per heavy atom. The maximum atomic E-state index is 8.92. The number of quaternary nitrogens is 1. The van der Waals surface area contributed by atoms with E-state index in [1.807, 2.05) is 30.3 Å². The number of aliphatic hydroxyl groups excluding tert-OH is 1. The van der Waals surface area contributed by atoms with Crippen LogP contribution in [0.4, 0.5) is 5.69 Å². The van der Waals surface area contributed by atoms with Crippen LogP contribution in [0.3, 0.4) is 0 Å². The summed E-state index contributed by atoms with van der Waals surface area (Å²) in [6.07, 6.45) is 0. The van der Waals surface area contributed by atoms with Crippen molar-refractivity contribution in [2.45, 2.75) is 0 Å². The lowest BCUT2D eigenvalue weighted by Crippen LogP contribution is -2.51. The summed E-state index contributed by atoms with van der Waals surface area (Å²) in [4.78, 5) is 0. The second-order valence-corrected chi connectivity index (χ2v) is 3.09. The number of aliphatic hydroxyl groups is 1. The molecular formula is C9H15N3O. The summed E-state index contributed by atoms with van der Waals surface area (Å²) in [6, 6.07) is 9.39. The van der Waals surface area contributed by atoms with Gasteiger partial charge < -0.3 is 10.9 Å². The summed E-state index contributed by atoms with van der Waals surface area (Å²) in [5.74, 6) is 7.98. The van der Waals surface area contributed by atoms with E-state index in [0.717, 1.165) is 5.69 Å². The zero-order valence-corrected chi connectivity index (χ0v) is 7.94. The van der Waals surface area contributed by atoms with Gasteiger partial charge in [-0.05, 0) is 0 Å². The topological polar surface area (TPSA) is 47.3 Å². The number of hydrogen-bond donors (Lipinski definition) is 1. The van der Waals surface area contributed by atoms with E-state index in [9.17, 15) is 0 Å². The van der Waals surface area contributed by atoms with Gasteiger partial charge in [-0.15, -0.1) is 5.01 Å². The van der Waals surface area contributed by atoms with Crippen molar-refractivity contribution in [3.8, 4) is 0 Å². The fourth-order valence-corrected chi connectivity index (χ4v) is 1.04. The molecule has 0 aliphatic heterocycles. The Kier molecular flexibility index (Phi) is 3.00. The van der Waals surface area contributed by atoms with Crippen LogP contribution in [0.15, 0.2) is 30.3 Å². The average molecular weight is 181 g/mol. The van der Waals surface area contributed by atoms with E-state index < -0.39 is 0 Å². The molecule has 0 radical (unpaired) electrons. The van der Waals surface area contributed by atoms with Crippen molar-refractivity contribution in [3.05, 3.63) is 36.2 Å². The Morgan fingerprint density at radius 1 is 1.38 bits per heavy atom. The first-order valence-corrected chi connectivity index (χ1v) is 4.08. The van der Waals surface area contributed by atoms with Crippen LogP contribution in [0.5, 0.6) is 0 Å². The van der Waals surface area contributed by atoms with Crippen LogP contribution in [0.25, 0.3) is 5.84 Å². The summed E-state index contributed by atoms with van der Waals surface area (Å²) in [5, 5.41) is 10.4. The summed E-state index contributed by atoms with van der Waals surface area (Å²) in [5.41, 5.74) is 0.819. The van der Waals surface area contributed by atoms with Crippen molar-refractivity contribution >= 4 is 5.69 Å². The van der Waals surface area contributed by atoms with Gasteiger partial charge in [0.15, 0.2) is 0 Å². The monoisotopic (exact) mass is 181 g/mol. The van der Waals surface area contributed by atoms with Crippen LogP contribution in [0.1, 0.15) is 0 Å². The first-order valence-electron chi connectivity index (χ1n) is 4.08. The van der Waals surface area contributed by atoms with Crippen molar-refractivity contribution in [2.75, 3.05) is 20.8 Å². The maximum Gasteiger partial charge on any atom is 0.142 e. The highest BCUT2D eigenvalue weighted by Crippen LogP contribution is 2.21. The third kappa shape index (κ3) is 2.05. The molecule has 0 aromatic heterocycles. The van der Waals surface area contributed by atoms with Gasteiger partial charge in [-0.2, -0.15) is 0 Å². The zero-order chi connectivity index (χ0) is 9.90. The molecule has 0 spiro atoms. The fraction of sp³-hybridized carbons (Fsp3) is 0.333. The summed E-state index contributed by atoms with van der Waals surface area (Å²) in [7, 11) is 3.39. The molecule has 0 fully saturated rings. The SMILES string of the molecule is CN(CO)[N+](C)([NH-])c1ccccc1. The Bertz CT molecular complexity index is 261. The quantitative estimate of drug-likeness (QED) is 0.435. The van der Waals surface area contributed by atoms with Gasteiger partial charge in [-0.3, -0.25) is 4.70 Å². The lowest BCUT2D eigenvalue weighted by atomic mass is 10.3. The first-order chi connectivity index (χ1) is 6.09. The van der Waals surface area contributed by atoms with Crippen molar-refractivity contribution in [3.63, 3.8) is 0 Å². The van der Waals surface area contributed by atoms with Crippen molar-refractivity contribution in [1.82, 2.24) is 9.71 Å². The standard InChI is InChI=1S/C9H15N3O/c1-11(8-13)12(2,10)9-6-4-3-5-7-9/h3-7,10,13H,8H2,1-2H3. The molecule has 0 amide bonds. The average Bonchev–Trinajstić information content (AvgIpc) is 2.18. The van der Waals surface area contributed by atoms with Crippen LogP contribution >= 0.6 is 0 Å². The predicted molar refractivity (Wildman–Crippen MR) is 53.3 cm³/mol. The van der Waals surface area contributed by atoms with Crippen LogP contribution in [-0.2, 0) is 0 Å². The molecule has 2 N–H and O–H groups in total. The second kappa shape index (κ2) is 3.85. The highest BCUT2D eigenvalue weighted by Gasteiger charge is 2.18. The summed E-state index contributed by atoms with van der Waals surface area (Å²) < 4.78 is -0.197. The number of hydrogen-bond acceptors (Lipinski definition) is 2. The van der Waals surface area contributed by atoms with Gasteiger partial charge in [0.25, 0.3) is 0 Å². The zero-order valence-electron chi connectivity index (χ0n) is 7.94. The molecule has 13 heavy (non-hydrogen) atoms. The highest BCUT2D eigenvalue weighted by atomic mass is 16.3. The minimum absolute atomic E-state index is 0.144. The number of rotatable bonds is 3. The molecule has 4 heteroatoms. The largest absolute Gasteiger partial charge is 0.441 e. The molecule has 0 heterocycles. The minimum Gasteiger partial charge on any atom is -0.441 e. The number of para-hydroxylation sites is 1. The normalized spacial score (nSPS) is 15.8. The van der Waals surface area contributed by atoms with Crippen molar-refractivity contribution < 1.29 is 5.11 Å². The molecule has 1 aromatic carbocycles. The fourth-order valence-electron chi connectivity index (χ4n) is 1.04. The molecule has 1 atom stereocenters. The Balaban J connectivity index is 2.93. The molecule has 4 nitrogen and oxygen atoms in total. The molecule has 72 valence electrons. The van der Waals surface area contributed by atoms with Gasteiger partial charge in [0.2, 0.25) is 0 Å². The Hall–Kier alpha value is -0.940. The molecular weight excluding hydrogens is 166 g/mol. The lowest BCUT2D eigenvalue weighted by Gasteiger charge is -2.42. The second-order valence-electron chi connectivity index (χ2n) is 3.09. The van der Waals surface area contributed by atoms with E-state index in [1.54, 1.807) is 14.1 Å². The van der Waals surface area contributed by atoms with Crippen LogP contribution < -0.4 is 4.70 Å². The van der Waals surface area contributed by atoms with Gasteiger partial charge >= 0.3 is 0 Å². The summed E-state index contributed by atoms with van der Waals surface area (Å²) >= 11 is 0. The van der Waals surface area contributed by atoms with E-state index in [2.05, 4.69) is 0 Å². The van der Waals surface area contributed by atoms with E-state index in [1.165, 1.54) is 5.01 Å². The molecule has 0 bridgehead atoms. The van der Waals surface area contributed by atoms with Gasteiger partial charge in [0, 0.05) is 19.2 Å².